The standard InChI is InChI=1S/C24H27FN4O5/c1-3-26-24(31)28(10-11-32-2)14-23(30)29-20(17-6-9-21-22(12-17)34-15-33-21)13-19(27-29)16-4-7-18(25)8-5-16/h4-9,12,20H,3,10-11,13-15H2,1-2H3,(H,26,31)/t20-/m1/s1. The van der Waals surface area contributed by atoms with Crippen LogP contribution in [0, 0.1) is 5.82 Å². The predicted octanol–water partition coefficient (Wildman–Crippen LogP) is 2.91. The molecule has 0 saturated heterocycles. The maximum Gasteiger partial charge on any atom is 0.317 e. The van der Waals surface area contributed by atoms with Crippen LogP contribution < -0.4 is 14.8 Å². The minimum Gasteiger partial charge on any atom is -0.454 e. The number of nitrogens with zero attached hydrogens (tertiary/aromatic N) is 3. The third kappa shape index (κ3) is 5.12. The second-order valence-corrected chi connectivity index (χ2v) is 7.87. The van der Waals surface area contributed by atoms with Crippen molar-refractivity contribution in [2.75, 3.05) is 40.1 Å². The number of rotatable bonds is 8. The highest BCUT2D eigenvalue weighted by Crippen LogP contribution is 2.39. The Morgan fingerprint density at radius 3 is 2.71 bits per heavy atom. The molecule has 4 rings (SSSR count). The fourth-order valence-electron chi connectivity index (χ4n) is 3.89. The number of amides is 3. The summed E-state index contributed by atoms with van der Waals surface area (Å²) in [5.41, 5.74) is 2.19. The van der Waals surface area contributed by atoms with Crippen LogP contribution in [0.5, 0.6) is 11.5 Å². The maximum absolute atomic E-state index is 13.4. The molecular weight excluding hydrogens is 443 g/mol. The lowest BCUT2D eigenvalue weighted by molar-refractivity contribution is -0.133. The van der Waals surface area contributed by atoms with Crippen molar-refractivity contribution >= 4 is 17.6 Å². The molecule has 2 aromatic carbocycles. The molecule has 10 heteroatoms. The highest BCUT2D eigenvalue weighted by atomic mass is 19.1. The Morgan fingerprint density at radius 1 is 1.21 bits per heavy atom. The van der Waals surface area contributed by atoms with Crippen molar-refractivity contribution in [3.05, 3.63) is 59.4 Å². The lowest BCUT2D eigenvalue weighted by atomic mass is 9.98. The van der Waals surface area contributed by atoms with E-state index in [1.807, 2.05) is 19.1 Å². The zero-order chi connectivity index (χ0) is 24.1. The van der Waals surface area contributed by atoms with Crippen LogP contribution in [-0.4, -0.2) is 67.7 Å². The molecule has 2 aromatic rings. The van der Waals surface area contributed by atoms with Gasteiger partial charge in [0, 0.05) is 26.6 Å². The summed E-state index contributed by atoms with van der Waals surface area (Å²) in [7, 11) is 1.53. The van der Waals surface area contributed by atoms with Crippen LogP contribution in [0.4, 0.5) is 9.18 Å². The number of hydrazone groups is 1. The van der Waals surface area contributed by atoms with Crippen LogP contribution >= 0.6 is 0 Å². The van der Waals surface area contributed by atoms with E-state index in [-0.39, 0.29) is 37.6 Å². The molecule has 2 aliphatic heterocycles. The number of hydrogen-bond donors (Lipinski definition) is 1. The number of fused-ring (bicyclic) bond motifs is 1. The van der Waals surface area contributed by atoms with Gasteiger partial charge < -0.3 is 24.4 Å². The van der Waals surface area contributed by atoms with Gasteiger partial charge in [0.25, 0.3) is 5.91 Å². The Balaban J connectivity index is 1.62. The SMILES string of the molecule is CCNC(=O)N(CCOC)CC(=O)N1N=C(c2ccc(F)cc2)C[C@@H]1c1ccc2c(c1)OCO2. The van der Waals surface area contributed by atoms with Gasteiger partial charge in [0.1, 0.15) is 12.4 Å². The number of nitrogens with one attached hydrogen (secondary N) is 1. The Morgan fingerprint density at radius 2 is 1.97 bits per heavy atom. The van der Waals surface area contributed by atoms with Gasteiger partial charge in [-0.2, -0.15) is 5.10 Å². The number of carbonyl (C=O) groups is 2. The molecule has 2 heterocycles. The zero-order valence-electron chi connectivity index (χ0n) is 19.1. The van der Waals surface area contributed by atoms with Crippen LogP contribution in [0.15, 0.2) is 47.6 Å². The van der Waals surface area contributed by atoms with Crippen molar-refractivity contribution in [2.24, 2.45) is 5.10 Å². The highest BCUT2D eigenvalue weighted by molar-refractivity contribution is 6.03. The van der Waals surface area contributed by atoms with E-state index >= 15 is 0 Å². The molecule has 34 heavy (non-hydrogen) atoms. The van der Waals surface area contributed by atoms with Crippen molar-refractivity contribution in [1.82, 2.24) is 15.2 Å². The fraction of sp³-hybridized carbons (Fsp3) is 0.375. The van der Waals surface area contributed by atoms with E-state index in [1.54, 1.807) is 18.2 Å². The van der Waals surface area contributed by atoms with E-state index in [4.69, 9.17) is 14.2 Å². The number of urea groups is 1. The van der Waals surface area contributed by atoms with Crippen LogP contribution in [0.3, 0.4) is 0 Å². The third-order valence-electron chi connectivity index (χ3n) is 5.63. The van der Waals surface area contributed by atoms with Gasteiger partial charge >= 0.3 is 6.03 Å². The summed E-state index contributed by atoms with van der Waals surface area (Å²) in [5.74, 6) is 0.547. The average Bonchev–Trinajstić information content (AvgIpc) is 3.49. The first-order valence-electron chi connectivity index (χ1n) is 11.1. The third-order valence-corrected chi connectivity index (χ3v) is 5.63. The summed E-state index contributed by atoms with van der Waals surface area (Å²) in [6.07, 6.45) is 0.427. The van der Waals surface area contributed by atoms with Gasteiger partial charge in [0.05, 0.1) is 18.4 Å². The molecule has 0 aromatic heterocycles. The second kappa shape index (κ2) is 10.5. The van der Waals surface area contributed by atoms with Gasteiger partial charge in [0.15, 0.2) is 11.5 Å². The number of ether oxygens (including phenoxy) is 3. The van der Waals surface area contributed by atoms with Crippen LogP contribution in [0.25, 0.3) is 0 Å². The molecule has 0 bridgehead atoms. The molecule has 180 valence electrons. The zero-order valence-corrected chi connectivity index (χ0v) is 19.1. The maximum atomic E-state index is 13.4. The Labute approximate surface area is 197 Å². The molecule has 2 aliphatic rings. The van der Waals surface area contributed by atoms with Gasteiger partial charge in [-0.15, -0.1) is 0 Å². The number of methoxy groups -OCH3 is 1. The lowest BCUT2D eigenvalue weighted by Crippen LogP contribution is -2.47. The molecule has 0 fully saturated rings. The minimum atomic E-state index is -0.416. The summed E-state index contributed by atoms with van der Waals surface area (Å²) in [5, 5.41) is 8.71. The molecule has 1 N–H and O–H groups in total. The summed E-state index contributed by atoms with van der Waals surface area (Å²) in [6, 6.07) is 10.7. The van der Waals surface area contributed by atoms with E-state index in [9.17, 15) is 14.0 Å². The summed E-state index contributed by atoms with van der Waals surface area (Å²) in [6.45, 7) is 2.77. The lowest BCUT2D eigenvalue weighted by Gasteiger charge is -2.27. The van der Waals surface area contributed by atoms with E-state index in [0.29, 0.717) is 36.8 Å². The largest absolute Gasteiger partial charge is 0.454 e. The van der Waals surface area contributed by atoms with Crippen molar-refractivity contribution in [2.45, 2.75) is 19.4 Å². The molecule has 0 saturated carbocycles. The number of hydrogen-bond acceptors (Lipinski definition) is 6. The quantitative estimate of drug-likeness (QED) is 0.641. The van der Waals surface area contributed by atoms with E-state index in [0.717, 1.165) is 11.1 Å². The first-order valence-corrected chi connectivity index (χ1v) is 11.1. The molecule has 0 aliphatic carbocycles. The molecule has 9 nitrogen and oxygen atoms in total. The van der Waals surface area contributed by atoms with E-state index < -0.39 is 6.04 Å². The van der Waals surface area contributed by atoms with Gasteiger partial charge in [0.2, 0.25) is 6.79 Å². The molecule has 1 atom stereocenters. The topological polar surface area (TPSA) is 92.7 Å². The molecular formula is C24H27FN4O5. The number of benzene rings is 2. The summed E-state index contributed by atoms with van der Waals surface area (Å²) >= 11 is 0. The monoisotopic (exact) mass is 470 g/mol. The Hall–Kier alpha value is -3.66. The van der Waals surface area contributed by atoms with E-state index in [1.165, 1.54) is 29.2 Å². The molecule has 0 unspecified atom stereocenters. The first kappa shape index (κ1) is 23.5. The van der Waals surface area contributed by atoms with Gasteiger partial charge in [-0.25, -0.2) is 14.2 Å². The number of halogens is 1. The van der Waals surface area contributed by atoms with Gasteiger partial charge in [-0.1, -0.05) is 18.2 Å². The van der Waals surface area contributed by atoms with Crippen molar-refractivity contribution in [1.29, 1.82) is 0 Å². The molecule has 3 amide bonds. The van der Waals surface area contributed by atoms with Crippen molar-refractivity contribution in [3.63, 3.8) is 0 Å². The van der Waals surface area contributed by atoms with Crippen LogP contribution in [-0.2, 0) is 9.53 Å². The highest BCUT2D eigenvalue weighted by Gasteiger charge is 2.35. The number of carbonyl (C=O) groups excluding carboxylic acids is 2. The second-order valence-electron chi connectivity index (χ2n) is 7.87. The van der Waals surface area contributed by atoms with Crippen molar-refractivity contribution < 1.29 is 28.2 Å². The Bertz CT molecular complexity index is 1080. The smallest absolute Gasteiger partial charge is 0.317 e. The molecule has 0 radical (unpaired) electrons. The van der Waals surface area contributed by atoms with Gasteiger partial charge in [-0.3, -0.25) is 4.79 Å². The van der Waals surface area contributed by atoms with E-state index in [2.05, 4.69) is 10.4 Å². The molecule has 0 spiro atoms. The van der Waals surface area contributed by atoms with Crippen LogP contribution in [0.1, 0.15) is 30.5 Å². The Kier molecular flexibility index (Phi) is 7.27. The van der Waals surface area contributed by atoms with Crippen molar-refractivity contribution in [3.8, 4) is 11.5 Å². The normalized spacial score (nSPS) is 16.4. The minimum absolute atomic E-state index is 0.143. The van der Waals surface area contributed by atoms with Gasteiger partial charge in [-0.05, 0) is 42.3 Å². The summed E-state index contributed by atoms with van der Waals surface area (Å²) in [4.78, 5) is 27.3. The fourth-order valence-corrected chi connectivity index (χ4v) is 3.89. The average molecular weight is 471 g/mol. The van der Waals surface area contributed by atoms with Crippen LogP contribution in [0.2, 0.25) is 0 Å². The summed E-state index contributed by atoms with van der Waals surface area (Å²) < 4.78 is 29.5. The first-order chi connectivity index (χ1) is 16.5. The predicted molar refractivity (Wildman–Crippen MR) is 122 cm³/mol.